The third kappa shape index (κ3) is 2.84. The van der Waals surface area contributed by atoms with E-state index in [4.69, 9.17) is 0 Å². The molecule has 1 fully saturated rings. The van der Waals surface area contributed by atoms with E-state index < -0.39 is 11.2 Å². The van der Waals surface area contributed by atoms with E-state index in [1.165, 1.54) is 6.20 Å². The number of hydrogen-bond donors (Lipinski definition) is 1. The molecule has 120 valence electrons. The number of nitrogens with one attached hydrogen (secondary N) is 1. The number of aromatic nitrogens is 1. The van der Waals surface area contributed by atoms with Crippen LogP contribution >= 0.6 is 11.3 Å². The molecule has 1 N–H and O–H groups in total. The van der Waals surface area contributed by atoms with Crippen LogP contribution in [-0.4, -0.2) is 11.5 Å². The van der Waals surface area contributed by atoms with Gasteiger partial charge in [0.2, 0.25) is 0 Å². The number of nitrogens with zero attached hydrogens (tertiary/aromatic N) is 1. The van der Waals surface area contributed by atoms with E-state index in [0.29, 0.717) is 10.8 Å². The van der Waals surface area contributed by atoms with Crippen LogP contribution < -0.4 is 5.32 Å². The highest BCUT2D eigenvalue weighted by atomic mass is 32.1. The second kappa shape index (κ2) is 5.23. The van der Waals surface area contributed by atoms with Crippen LogP contribution in [0.5, 0.6) is 0 Å². The lowest BCUT2D eigenvalue weighted by Gasteiger charge is -2.19. The molecule has 1 aliphatic rings. The van der Waals surface area contributed by atoms with Crippen molar-refractivity contribution < 1.29 is 13.2 Å². The number of rotatable bonds is 5. The van der Waals surface area contributed by atoms with E-state index in [1.807, 2.05) is 0 Å². The highest BCUT2D eigenvalue weighted by molar-refractivity contribution is 7.11. The molecule has 0 saturated heterocycles. The molecule has 2 nitrogen and oxygen atoms in total. The van der Waals surface area contributed by atoms with Gasteiger partial charge in [-0.3, -0.25) is 0 Å². The highest BCUT2D eigenvalue weighted by Gasteiger charge is 2.67. The molecule has 0 amide bonds. The zero-order chi connectivity index (χ0) is 16.1. The van der Waals surface area contributed by atoms with Crippen LogP contribution in [0.15, 0.2) is 6.20 Å². The minimum Gasteiger partial charge on any atom is -0.309 e. The fraction of sp³-hybridized carbons (Fsp3) is 0.800. The van der Waals surface area contributed by atoms with Crippen molar-refractivity contribution in [3.63, 3.8) is 0 Å². The topological polar surface area (TPSA) is 24.9 Å². The van der Waals surface area contributed by atoms with E-state index in [0.717, 1.165) is 24.3 Å². The summed E-state index contributed by atoms with van der Waals surface area (Å²) >= 11 is 0.770. The van der Waals surface area contributed by atoms with Crippen molar-refractivity contribution in [1.29, 1.82) is 0 Å². The van der Waals surface area contributed by atoms with Gasteiger partial charge in [0.25, 0.3) is 0 Å². The van der Waals surface area contributed by atoms with E-state index in [1.54, 1.807) is 0 Å². The standard InChI is InChI=1S/C15H23F3N2S/c1-6-7-19-10(11-13(2,3)14(11,4)5)9-8-20-12(21-9)15(16,17)18/h8,10-11,19H,6-7H2,1-5H3. The van der Waals surface area contributed by atoms with Gasteiger partial charge in [-0.25, -0.2) is 4.98 Å². The molecule has 0 aromatic carbocycles. The Morgan fingerprint density at radius 1 is 1.29 bits per heavy atom. The SMILES string of the molecule is CCCNC(c1cnc(C(F)(F)F)s1)C1C(C)(C)C1(C)C. The summed E-state index contributed by atoms with van der Waals surface area (Å²) in [5.74, 6) is 0.318. The summed E-state index contributed by atoms with van der Waals surface area (Å²) in [7, 11) is 0. The van der Waals surface area contributed by atoms with E-state index >= 15 is 0 Å². The third-order valence-electron chi connectivity index (χ3n) is 5.15. The van der Waals surface area contributed by atoms with E-state index in [9.17, 15) is 13.2 Å². The van der Waals surface area contributed by atoms with Crippen molar-refractivity contribution in [2.45, 2.75) is 53.3 Å². The highest BCUT2D eigenvalue weighted by Crippen LogP contribution is 2.72. The van der Waals surface area contributed by atoms with E-state index in [2.05, 4.69) is 44.9 Å². The first-order chi connectivity index (χ1) is 9.53. The fourth-order valence-electron chi connectivity index (χ4n) is 3.32. The van der Waals surface area contributed by atoms with Gasteiger partial charge in [0.1, 0.15) is 0 Å². The molecule has 1 aliphatic carbocycles. The number of alkyl halides is 3. The van der Waals surface area contributed by atoms with Gasteiger partial charge in [0, 0.05) is 17.1 Å². The molecule has 0 bridgehead atoms. The average molecular weight is 320 g/mol. The molecule has 1 aromatic heterocycles. The predicted octanol–water partition coefficient (Wildman–Crippen LogP) is 4.88. The van der Waals surface area contributed by atoms with Gasteiger partial charge in [-0.1, -0.05) is 34.6 Å². The first-order valence-corrected chi connectivity index (χ1v) is 8.11. The van der Waals surface area contributed by atoms with Crippen LogP contribution in [0.3, 0.4) is 0 Å². The molecule has 2 rings (SSSR count). The number of thiazole rings is 1. The summed E-state index contributed by atoms with van der Waals surface area (Å²) in [5.41, 5.74) is 0.224. The molecule has 21 heavy (non-hydrogen) atoms. The quantitative estimate of drug-likeness (QED) is 0.836. The van der Waals surface area contributed by atoms with Crippen LogP contribution in [0, 0.1) is 16.7 Å². The van der Waals surface area contributed by atoms with Crippen molar-refractivity contribution in [1.82, 2.24) is 10.3 Å². The summed E-state index contributed by atoms with van der Waals surface area (Å²) in [6, 6.07) is -0.0523. The smallest absolute Gasteiger partial charge is 0.309 e. The molecule has 0 spiro atoms. The summed E-state index contributed by atoms with van der Waals surface area (Å²) in [6.45, 7) is 11.6. The first kappa shape index (κ1) is 16.7. The van der Waals surface area contributed by atoms with Crippen LogP contribution in [0.4, 0.5) is 13.2 Å². The molecular formula is C15H23F3N2S. The van der Waals surface area contributed by atoms with Gasteiger partial charge >= 0.3 is 6.18 Å². The van der Waals surface area contributed by atoms with E-state index in [-0.39, 0.29) is 16.9 Å². The molecule has 0 aliphatic heterocycles. The Bertz CT molecular complexity index is 491. The van der Waals surface area contributed by atoms with Gasteiger partial charge in [0.05, 0.1) is 0 Å². The van der Waals surface area contributed by atoms with Crippen LogP contribution in [0.2, 0.25) is 0 Å². The Hall–Kier alpha value is -0.620. The maximum atomic E-state index is 12.8. The normalized spacial score (nSPS) is 22.3. The Morgan fingerprint density at radius 3 is 2.24 bits per heavy atom. The average Bonchev–Trinajstić information content (AvgIpc) is 2.75. The van der Waals surface area contributed by atoms with Gasteiger partial charge < -0.3 is 5.32 Å². The minimum absolute atomic E-state index is 0.0523. The van der Waals surface area contributed by atoms with Gasteiger partial charge in [-0.2, -0.15) is 13.2 Å². The molecule has 1 aromatic rings. The second-order valence-electron chi connectivity index (χ2n) is 6.92. The summed E-state index contributed by atoms with van der Waals surface area (Å²) < 4.78 is 38.3. The van der Waals surface area contributed by atoms with Gasteiger partial charge in [0.15, 0.2) is 5.01 Å². The largest absolute Gasteiger partial charge is 0.443 e. The van der Waals surface area contributed by atoms with Gasteiger partial charge in [-0.05, 0) is 29.7 Å². The molecule has 1 saturated carbocycles. The van der Waals surface area contributed by atoms with Crippen molar-refractivity contribution in [3.05, 3.63) is 16.1 Å². The Kier molecular flexibility index (Phi) is 4.17. The Morgan fingerprint density at radius 2 is 1.86 bits per heavy atom. The maximum absolute atomic E-state index is 12.8. The first-order valence-electron chi connectivity index (χ1n) is 7.29. The maximum Gasteiger partial charge on any atom is 0.443 e. The Labute approximate surface area is 128 Å². The van der Waals surface area contributed by atoms with Crippen LogP contribution in [0.1, 0.15) is 57.0 Å². The van der Waals surface area contributed by atoms with Crippen molar-refractivity contribution in [2.75, 3.05) is 6.54 Å². The molecule has 6 heteroatoms. The minimum atomic E-state index is -4.35. The predicted molar refractivity (Wildman–Crippen MR) is 79.2 cm³/mol. The summed E-state index contributed by atoms with van der Waals surface area (Å²) in [5, 5.41) is 2.67. The van der Waals surface area contributed by atoms with Gasteiger partial charge in [-0.15, -0.1) is 11.3 Å². The second-order valence-corrected chi connectivity index (χ2v) is 7.98. The molecule has 1 unspecified atom stereocenters. The molecule has 1 atom stereocenters. The number of hydrogen-bond acceptors (Lipinski definition) is 3. The zero-order valence-corrected chi connectivity index (χ0v) is 14.0. The number of halogens is 3. The fourth-order valence-corrected chi connectivity index (χ4v) is 4.22. The van der Waals surface area contributed by atoms with Crippen LogP contribution in [-0.2, 0) is 6.18 Å². The van der Waals surface area contributed by atoms with Crippen LogP contribution in [0.25, 0.3) is 0 Å². The Balaban J connectivity index is 2.28. The molecular weight excluding hydrogens is 297 g/mol. The third-order valence-corrected chi connectivity index (χ3v) is 6.28. The zero-order valence-electron chi connectivity index (χ0n) is 13.1. The molecule has 1 heterocycles. The lowest BCUT2D eigenvalue weighted by Crippen LogP contribution is -2.25. The van der Waals surface area contributed by atoms with Crippen molar-refractivity contribution in [3.8, 4) is 0 Å². The lowest BCUT2D eigenvalue weighted by molar-refractivity contribution is -0.137. The van der Waals surface area contributed by atoms with Crippen molar-refractivity contribution >= 4 is 11.3 Å². The summed E-state index contributed by atoms with van der Waals surface area (Å²) in [6.07, 6.45) is -2.01. The monoisotopic (exact) mass is 320 g/mol. The summed E-state index contributed by atoms with van der Waals surface area (Å²) in [4.78, 5) is 4.27. The van der Waals surface area contributed by atoms with Crippen molar-refractivity contribution in [2.24, 2.45) is 16.7 Å². The molecule has 0 radical (unpaired) electrons. The lowest BCUT2D eigenvalue weighted by atomic mass is 10.0.